The fraction of sp³-hybridized carbons (Fsp3) is 0.208. The number of hydrogen-bond donors (Lipinski definition) is 4. The molecule has 6 aromatic heterocycles. The Balaban J connectivity index is 0.000000164. The van der Waals surface area contributed by atoms with Gasteiger partial charge in [-0.2, -0.15) is 0 Å². The van der Waals surface area contributed by atoms with Crippen LogP contribution in [0.5, 0.6) is 0 Å². The van der Waals surface area contributed by atoms with Gasteiger partial charge in [-0.3, -0.25) is 28.9 Å². The summed E-state index contributed by atoms with van der Waals surface area (Å²) >= 11 is 6.18. The Morgan fingerprint density at radius 1 is 0.547 bits per heavy atom. The van der Waals surface area contributed by atoms with E-state index in [2.05, 4.69) is 99.2 Å². The number of amides is 3. The number of aromatic nitrogens is 6. The zero-order chi connectivity index (χ0) is 53.9. The molecule has 0 atom stereocenters. The Kier molecular flexibility index (Phi) is 19.8. The number of pyridine rings is 3. The van der Waals surface area contributed by atoms with Crippen LogP contribution in [0.15, 0.2) is 110 Å². The number of nitrogens with zero attached hydrogens (tertiary/aromatic N) is 6. The van der Waals surface area contributed by atoms with Crippen molar-refractivity contribution in [1.29, 1.82) is 0 Å². The fourth-order valence-corrected chi connectivity index (χ4v) is 9.75. The second-order valence-corrected chi connectivity index (χ2v) is 20.2. The van der Waals surface area contributed by atoms with Crippen molar-refractivity contribution in [3.63, 3.8) is 0 Å². The Bertz CT molecular complexity index is 3550. The van der Waals surface area contributed by atoms with Gasteiger partial charge in [0.2, 0.25) is 0 Å². The molecule has 390 valence electrons. The van der Waals surface area contributed by atoms with Crippen molar-refractivity contribution < 1.29 is 47.2 Å². The molecule has 16 nitrogen and oxygen atoms in total. The summed E-state index contributed by atoms with van der Waals surface area (Å²) in [4.78, 5) is 65.5. The lowest BCUT2D eigenvalue weighted by Crippen LogP contribution is -2.26. The molecule has 22 heteroatoms. The number of nitrogens with one attached hydrogen (secondary N) is 3. The molecule has 0 aliphatic heterocycles. The van der Waals surface area contributed by atoms with Crippen LogP contribution in [0, 0.1) is 28.2 Å². The van der Waals surface area contributed by atoms with Crippen LogP contribution in [0.3, 0.4) is 0 Å². The van der Waals surface area contributed by atoms with Gasteiger partial charge in [-0.15, -0.1) is 0 Å². The van der Waals surface area contributed by atoms with Crippen LogP contribution in [0.1, 0.15) is 71.8 Å². The third-order valence-corrected chi connectivity index (χ3v) is 13.9. The van der Waals surface area contributed by atoms with E-state index >= 15 is 0 Å². The van der Waals surface area contributed by atoms with Gasteiger partial charge in [0, 0.05) is 103 Å². The van der Waals surface area contributed by atoms with E-state index in [9.17, 15) is 27.6 Å². The Labute approximate surface area is 469 Å². The molecule has 75 heavy (non-hydrogen) atoms. The largest absolute Gasteiger partial charge is 0.394 e. The average molecular weight is 1360 g/mol. The highest BCUT2D eigenvalue weighted by molar-refractivity contribution is 14.1. The van der Waals surface area contributed by atoms with Gasteiger partial charge in [0.25, 0.3) is 17.7 Å². The van der Waals surface area contributed by atoms with Crippen molar-refractivity contribution in [1.82, 2.24) is 45.1 Å². The smallest absolute Gasteiger partial charge is 0.277 e. The number of hydrogen-bond acceptors (Lipinski definition) is 10. The van der Waals surface area contributed by atoms with Gasteiger partial charge < -0.3 is 18.8 Å². The molecule has 0 unspecified atom stereocenters. The number of carbonyl (C=O) groups excluding carboxylic acids is 3. The molecule has 0 saturated heterocycles. The summed E-state index contributed by atoms with van der Waals surface area (Å²) < 4.78 is 50.8. The van der Waals surface area contributed by atoms with E-state index in [0.29, 0.717) is 90.2 Å². The van der Waals surface area contributed by atoms with E-state index in [1.54, 1.807) is 79.6 Å². The lowest BCUT2D eigenvalue weighted by Gasteiger charge is -2.10. The third kappa shape index (κ3) is 13.1. The second kappa shape index (κ2) is 26.1. The first kappa shape index (κ1) is 56.7. The number of carbonyl (C=O) groups is 3. The zero-order valence-electron chi connectivity index (χ0n) is 41.0. The summed E-state index contributed by atoms with van der Waals surface area (Å²) in [5.41, 5.74) is 13.9. The number of rotatable bonds is 15. The van der Waals surface area contributed by atoms with Crippen LogP contribution >= 0.6 is 67.8 Å². The average Bonchev–Trinajstić information content (AvgIpc) is 3.97. The zero-order valence-corrected chi connectivity index (χ0v) is 47.5. The van der Waals surface area contributed by atoms with Crippen molar-refractivity contribution in [2.45, 2.75) is 26.2 Å². The second-order valence-electron chi connectivity index (χ2n) is 16.5. The van der Waals surface area contributed by atoms with E-state index in [-0.39, 0.29) is 61.7 Å². The SMILES string of the molecule is CCONC(=O)c1c(Cc2ccc(I)cc2F)n(C)c2ncccc12.CONC(=O)c1c(Cc2ccc(I)cc2F)n(C)c2ncccc12.Cn1c(Cc2ccc(I)cc2F)c(C(=O)NOCCO)c2cccnc21. The van der Waals surface area contributed by atoms with Gasteiger partial charge >= 0.3 is 0 Å². The predicted octanol–water partition coefficient (Wildman–Crippen LogP) is 9.35. The van der Waals surface area contributed by atoms with E-state index in [1.807, 2.05) is 53.6 Å². The summed E-state index contributed by atoms with van der Waals surface area (Å²) in [5, 5.41) is 10.9. The van der Waals surface area contributed by atoms with Gasteiger partial charge in [0.1, 0.15) is 34.4 Å². The molecule has 0 aliphatic rings. The molecular weight excluding hydrogens is 1310 g/mol. The molecule has 3 amide bonds. The molecule has 0 bridgehead atoms. The van der Waals surface area contributed by atoms with Crippen LogP contribution in [0.25, 0.3) is 33.1 Å². The minimum Gasteiger partial charge on any atom is -0.394 e. The number of halogens is 6. The number of aryl methyl sites for hydroxylation is 3. The molecule has 9 rings (SSSR count). The fourth-order valence-electron chi connectivity index (χ4n) is 8.39. The van der Waals surface area contributed by atoms with Gasteiger partial charge in [-0.1, -0.05) is 18.2 Å². The number of hydroxylamine groups is 3. The summed E-state index contributed by atoms with van der Waals surface area (Å²) in [7, 11) is 6.81. The Morgan fingerprint density at radius 2 is 0.880 bits per heavy atom. The minimum atomic E-state index is -0.460. The molecule has 0 spiro atoms. The quantitative estimate of drug-likeness (QED) is 0.0438. The normalized spacial score (nSPS) is 11.0. The summed E-state index contributed by atoms with van der Waals surface area (Å²) in [6.45, 7) is 1.91. The van der Waals surface area contributed by atoms with Gasteiger partial charge in [-0.05, 0) is 164 Å². The maximum absolute atomic E-state index is 14.3. The topological polar surface area (TPSA) is 189 Å². The van der Waals surface area contributed by atoms with E-state index < -0.39 is 5.91 Å². The Morgan fingerprint density at radius 3 is 1.19 bits per heavy atom. The first-order chi connectivity index (χ1) is 36.1. The highest BCUT2D eigenvalue weighted by atomic mass is 127. The van der Waals surface area contributed by atoms with Crippen LogP contribution < -0.4 is 16.4 Å². The van der Waals surface area contributed by atoms with E-state index in [0.717, 1.165) is 10.7 Å². The van der Waals surface area contributed by atoms with Crippen molar-refractivity contribution in [3.8, 4) is 0 Å². The summed E-state index contributed by atoms with van der Waals surface area (Å²) in [6.07, 6.45) is 5.77. The number of aliphatic hydroxyl groups is 1. The first-order valence-corrected chi connectivity index (χ1v) is 26.2. The van der Waals surface area contributed by atoms with Crippen molar-refractivity contribution in [3.05, 3.63) is 188 Å². The molecular formula is C53H49F3I3N9O7. The van der Waals surface area contributed by atoms with E-state index in [1.165, 1.54) is 25.3 Å². The molecule has 0 fully saturated rings. The predicted molar refractivity (Wildman–Crippen MR) is 302 cm³/mol. The van der Waals surface area contributed by atoms with Crippen LogP contribution in [0.4, 0.5) is 13.2 Å². The monoisotopic (exact) mass is 1360 g/mol. The first-order valence-electron chi connectivity index (χ1n) is 22.9. The van der Waals surface area contributed by atoms with Gasteiger partial charge in [0.05, 0.1) is 43.6 Å². The highest BCUT2D eigenvalue weighted by Gasteiger charge is 2.26. The maximum atomic E-state index is 14.3. The number of aliphatic hydroxyl groups excluding tert-OH is 1. The molecule has 3 aromatic carbocycles. The Hall–Kier alpha value is -6.04. The van der Waals surface area contributed by atoms with Crippen LogP contribution in [0.2, 0.25) is 0 Å². The summed E-state index contributed by atoms with van der Waals surface area (Å²) in [5.74, 6) is -2.10. The maximum Gasteiger partial charge on any atom is 0.277 e. The minimum absolute atomic E-state index is 0.0180. The molecule has 0 radical (unpaired) electrons. The van der Waals surface area contributed by atoms with Crippen molar-refractivity contribution in [2.24, 2.45) is 21.1 Å². The highest BCUT2D eigenvalue weighted by Crippen LogP contribution is 2.30. The lowest BCUT2D eigenvalue weighted by atomic mass is 10.0. The molecule has 0 aliphatic carbocycles. The van der Waals surface area contributed by atoms with E-state index in [4.69, 9.17) is 19.6 Å². The van der Waals surface area contributed by atoms with Crippen LogP contribution in [-0.2, 0) is 54.9 Å². The van der Waals surface area contributed by atoms with Gasteiger partial charge in [0.15, 0.2) is 0 Å². The van der Waals surface area contributed by atoms with Crippen LogP contribution in [-0.4, -0.2) is 78.4 Å². The lowest BCUT2D eigenvalue weighted by molar-refractivity contribution is 0.0168. The standard InChI is InChI=1S/C18H17FIN3O3.C18H17FIN3O2.C17H15FIN3O2/c1-23-15(9-11-4-5-12(20)10-14(11)19)16(18(25)22-26-8-7-24)13-3-2-6-21-17(13)23;1-3-25-22-18(24)16-13-5-4-8-21-17(13)23(2)15(16)9-11-6-7-12(20)10-14(11)19;1-22-14(8-10-5-6-11(19)9-13(10)18)15(17(23)21-24-2)12-4-3-7-20-16(12)22/h2-6,10,24H,7-9H2,1H3,(H,22,25);4-8,10H,3,9H2,1-2H3,(H,22,24);3-7,9H,8H2,1-2H3,(H,21,23). The van der Waals surface area contributed by atoms with Crippen molar-refractivity contribution >= 4 is 119 Å². The number of benzene rings is 3. The van der Waals surface area contributed by atoms with Gasteiger partial charge in [-0.25, -0.2) is 44.6 Å². The molecule has 6 heterocycles. The number of fused-ring (bicyclic) bond motifs is 3. The molecule has 4 N–H and O–H groups in total. The summed E-state index contributed by atoms with van der Waals surface area (Å²) in [6, 6.07) is 25.8. The van der Waals surface area contributed by atoms with Crippen molar-refractivity contribution in [2.75, 3.05) is 26.9 Å². The molecule has 9 aromatic rings. The molecule has 0 saturated carbocycles. The third-order valence-electron chi connectivity index (χ3n) is 11.9.